The maximum absolute atomic E-state index is 6.21. The lowest BCUT2D eigenvalue weighted by atomic mass is 9.89. The van der Waals surface area contributed by atoms with E-state index in [2.05, 4.69) is 58.6 Å². The van der Waals surface area contributed by atoms with Crippen LogP contribution < -0.4 is 10.6 Å². The number of fused-ring (bicyclic) bond motifs is 1. The molecule has 3 rings (SSSR count). The first-order chi connectivity index (χ1) is 14.2. The van der Waals surface area contributed by atoms with E-state index in [-0.39, 0.29) is 6.10 Å². The van der Waals surface area contributed by atoms with E-state index in [0.717, 1.165) is 37.9 Å². The third-order valence-corrected chi connectivity index (χ3v) is 6.02. The topological polar surface area (TPSA) is 48.9 Å². The number of hydrogen-bond acceptors (Lipinski definition) is 3. The fourth-order valence-electron chi connectivity index (χ4n) is 4.55. The minimum absolute atomic E-state index is 0.272. The Morgan fingerprint density at radius 2 is 2.00 bits per heavy atom. The van der Waals surface area contributed by atoms with Gasteiger partial charge in [-0.1, -0.05) is 38.1 Å². The molecule has 2 N–H and O–H groups in total. The van der Waals surface area contributed by atoms with Crippen molar-refractivity contribution >= 4 is 5.96 Å². The number of guanidine groups is 1. The van der Waals surface area contributed by atoms with Crippen LogP contribution in [-0.2, 0) is 11.2 Å². The van der Waals surface area contributed by atoms with Gasteiger partial charge >= 0.3 is 0 Å². The number of nitrogens with one attached hydrogen (secondary N) is 2. The van der Waals surface area contributed by atoms with Gasteiger partial charge in [-0.15, -0.1) is 0 Å². The van der Waals surface area contributed by atoms with Crippen LogP contribution in [0.4, 0.5) is 0 Å². The van der Waals surface area contributed by atoms with Gasteiger partial charge in [0, 0.05) is 45.9 Å². The van der Waals surface area contributed by atoms with Gasteiger partial charge in [-0.3, -0.25) is 4.99 Å². The highest BCUT2D eigenvalue weighted by Gasteiger charge is 2.21. The average Bonchev–Trinajstić information content (AvgIpc) is 2.73. The lowest BCUT2D eigenvalue weighted by Crippen LogP contribution is -2.49. The Balaban J connectivity index is 1.31. The van der Waals surface area contributed by atoms with Crippen LogP contribution in [-0.4, -0.2) is 56.7 Å². The highest BCUT2D eigenvalue weighted by atomic mass is 16.5. The molecule has 5 nitrogen and oxygen atoms in total. The predicted octanol–water partition coefficient (Wildman–Crippen LogP) is 3.76. The van der Waals surface area contributed by atoms with Gasteiger partial charge in [-0.25, -0.2) is 0 Å². The summed E-state index contributed by atoms with van der Waals surface area (Å²) in [6.45, 7) is 9.86. The Morgan fingerprint density at radius 1 is 1.21 bits per heavy atom. The maximum atomic E-state index is 6.21. The molecule has 2 aliphatic rings. The molecule has 162 valence electrons. The molecule has 29 heavy (non-hydrogen) atoms. The molecular weight excluding hydrogens is 360 g/mol. The number of rotatable bonds is 8. The summed E-state index contributed by atoms with van der Waals surface area (Å²) in [6.07, 6.45) is 7.21. The predicted molar refractivity (Wildman–Crippen MR) is 121 cm³/mol. The van der Waals surface area contributed by atoms with E-state index < -0.39 is 0 Å². The average molecular weight is 401 g/mol. The van der Waals surface area contributed by atoms with Crippen molar-refractivity contribution in [3.63, 3.8) is 0 Å². The van der Waals surface area contributed by atoms with Gasteiger partial charge in [-0.05, 0) is 55.6 Å². The van der Waals surface area contributed by atoms with Crippen LogP contribution in [0, 0.1) is 5.92 Å². The number of benzene rings is 1. The Kier molecular flexibility index (Phi) is 8.81. The zero-order valence-corrected chi connectivity index (χ0v) is 18.6. The fourth-order valence-corrected chi connectivity index (χ4v) is 4.55. The molecule has 1 saturated heterocycles. The molecule has 0 saturated carbocycles. The van der Waals surface area contributed by atoms with Crippen molar-refractivity contribution in [1.29, 1.82) is 0 Å². The fraction of sp³-hybridized carbons (Fsp3) is 0.708. The number of hydrogen-bond donors (Lipinski definition) is 2. The quantitative estimate of drug-likeness (QED) is 0.396. The molecule has 1 atom stereocenters. The van der Waals surface area contributed by atoms with E-state index in [1.807, 2.05) is 7.05 Å². The smallest absolute Gasteiger partial charge is 0.191 e. The molecule has 1 aliphatic heterocycles. The molecule has 1 fully saturated rings. The number of aryl methyl sites for hydroxylation is 1. The van der Waals surface area contributed by atoms with Gasteiger partial charge in [0.15, 0.2) is 5.96 Å². The molecule has 5 heteroatoms. The number of likely N-dealkylation sites (tertiary alicyclic amines) is 1. The lowest BCUT2D eigenvalue weighted by molar-refractivity contribution is 0.0398. The second kappa shape index (κ2) is 11.6. The van der Waals surface area contributed by atoms with E-state index in [1.54, 1.807) is 0 Å². The molecule has 1 unspecified atom stereocenters. The van der Waals surface area contributed by atoms with Crippen LogP contribution in [0.1, 0.15) is 63.2 Å². The van der Waals surface area contributed by atoms with Crippen LogP contribution in [0.15, 0.2) is 29.3 Å². The van der Waals surface area contributed by atoms with Crippen molar-refractivity contribution in [3.8, 4) is 0 Å². The summed E-state index contributed by atoms with van der Waals surface area (Å²) in [6, 6.07) is 9.27. The third-order valence-electron chi connectivity index (χ3n) is 6.02. The highest BCUT2D eigenvalue weighted by Crippen LogP contribution is 2.32. The van der Waals surface area contributed by atoms with Crippen molar-refractivity contribution < 1.29 is 4.74 Å². The van der Waals surface area contributed by atoms with E-state index in [9.17, 15) is 0 Å². The zero-order valence-electron chi connectivity index (χ0n) is 18.6. The number of piperidine rings is 1. The number of nitrogens with zero attached hydrogens (tertiary/aromatic N) is 2. The summed E-state index contributed by atoms with van der Waals surface area (Å²) in [5.41, 5.74) is 2.86. The first-order valence-corrected chi connectivity index (χ1v) is 11.5. The molecule has 0 radical (unpaired) electrons. The van der Waals surface area contributed by atoms with E-state index >= 15 is 0 Å². The minimum atomic E-state index is 0.272. The Morgan fingerprint density at radius 3 is 2.76 bits per heavy atom. The summed E-state index contributed by atoms with van der Waals surface area (Å²) >= 11 is 0. The molecule has 0 bridgehead atoms. The molecule has 0 spiro atoms. The normalized spacial score (nSPS) is 21.2. The van der Waals surface area contributed by atoms with Gasteiger partial charge in [0.05, 0.1) is 6.10 Å². The first-order valence-electron chi connectivity index (χ1n) is 11.5. The van der Waals surface area contributed by atoms with Crippen molar-refractivity contribution in [2.24, 2.45) is 10.9 Å². The molecule has 1 aliphatic carbocycles. The number of aliphatic imine (C=N–C) groups is 1. The van der Waals surface area contributed by atoms with Crippen molar-refractivity contribution in [3.05, 3.63) is 35.4 Å². The van der Waals surface area contributed by atoms with Crippen LogP contribution >= 0.6 is 0 Å². The van der Waals surface area contributed by atoms with E-state index in [4.69, 9.17) is 4.74 Å². The van der Waals surface area contributed by atoms with Gasteiger partial charge in [0.2, 0.25) is 0 Å². The SMILES string of the molecule is CN=C(NCCCOC1CCCc2ccccc21)NC1CCN(CC(C)C)CC1. The zero-order chi connectivity index (χ0) is 20.5. The van der Waals surface area contributed by atoms with Crippen molar-refractivity contribution in [2.75, 3.05) is 39.8 Å². The summed E-state index contributed by atoms with van der Waals surface area (Å²) < 4.78 is 6.21. The summed E-state index contributed by atoms with van der Waals surface area (Å²) in [5.74, 6) is 1.67. The monoisotopic (exact) mass is 400 g/mol. The van der Waals surface area contributed by atoms with E-state index in [0.29, 0.717) is 6.04 Å². The first kappa shape index (κ1) is 22.1. The van der Waals surface area contributed by atoms with Gasteiger partial charge in [0.25, 0.3) is 0 Å². The summed E-state index contributed by atoms with van der Waals surface area (Å²) in [4.78, 5) is 6.99. The van der Waals surface area contributed by atoms with Crippen molar-refractivity contribution in [2.45, 2.75) is 64.5 Å². The second-order valence-corrected chi connectivity index (χ2v) is 8.92. The van der Waals surface area contributed by atoms with Gasteiger partial charge in [-0.2, -0.15) is 0 Å². The van der Waals surface area contributed by atoms with Gasteiger partial charge in [0.1, 0.15) is 0 Å². The maximum Gasteiger partial charge on any atom is 0.191 e. The molecule has 0 amide bonds. The van der Waals surface area contributed by atoms with E-state index in [1.165, 1.54) is 56.4 Å². The lowest BCUT2D eigenvalue weighted by Gasteiger charge is -2.34. The molecular formula is C24H40N4O. The second-order valence-electron chi connectivity index (χ2n) is 8.92. The molecule has 0 aromatic heterocycles. The largest absolute Gasteiger partial charge is 0.373 e. The van der Waals surface area contributed by atoms with Crippen LogP contribution in [0.3, 0.4) is 0 Å². The van der Waals surface area contributed by atoms with Crippen LogP contribution in [0.25, 0.3) is 0 Å². The Labute approximate surface area is 177 Å². The minimum Gasteiger partial charge on any atom is -0.373 e. The molecule has 1 heterocycles. The molecule has 1 aromatic carbocycles. The third kappa shape index (κ3) is 7.00. The van der Waals surface area contributed by atoms with Crippen LogP contribution in [0.5, 0.6) is 0 Å². The Bertz CT molecular complexity index is 638. The van der Waals surface area contributed by atoms with Crippen LogP contribution in [0.2, 0.25) is 0 Å². The summed E-state index contributed by atoms with van der Waals surface area (Å²) in [5, 5.41) is 7.07. The Hall–Kier alpha value is -1.59. The van der Waals surface area contributed by atoms with Gasteiger partial charge < -0.3 is 20.3 Å². The number of ether oxygens (including phenoxy) is 1. The standard InChI is InChI=1S/C24H40N4O/c1-19(2)18-28-15-12-21(13-16-28)27-24(25-3)26-14-7-17-29-23-11-6-9-20-8-4-5-10-22(20)23/h4-5,8,10,19,21,23H,6-7,9,11-18H2,1-3H3,(H2,25,26,27). The van der Waals surface area contributed by atoms with Crippen molar-refractivity contribution in [1.82, 2.24) is 15.5 Å². The summed E-state index contributed by atoms with van der Waals surface area (Å²) in [7, 11) is 1.86. The molecule has 1 aromatic rings. The highest BCUT2D eigenvalue weighted by molar-refractivity contribution is 5.79.